The summed E-state index contributed by atoms with van der Waals surface area (Å²) in [5.74, 6) is -0.931. The summed E-state index contributed by atoms with van der Waals surface area (Å²) in [6.07, 6.45) is 2.23. The lowest BCUT2D eigenvalue weighted by molar-refractivity contribution is -0.143. The van der Waals surface area contributed by atoms with E-state index in [-0.39, 0.29) is 6.03 Å². The second kappa shape index (κ2) is 5.73. The van der Waals surface area contributed by atoms with Gasteiger partial charge in [0.1, 0.15) is 6.04 Å². The molecule has 1 aliphatic rings. The molecular formula is C14H18N2O3. The number of likely N-dealkylation sites (tertiary alicyclic amines) is 1. The number of carbonyl (C=O) groups is 2. The normalized spacial score (nSPS) is 19.0. The zero-order valence-corrected chi connectivity index (χ0v) is 10.9. The Balaban J connectivity index is 2.07. The van der Waals surface area contributed by atoms with Gasteiger partial charge < -0.3 is 15.3 Å². The Bertz CT molecular complexity index is 487. The fraction of sp³-hybridized carbons (Fsp3) is 0.429. The van der Waals surface area contributed by atoms with Crippen LogP contribution in [0.1, 0.15) is 24.8 Å². The highest BCUT2D eigenvalue weighted by atomic mass is 16.4. The monoisotopic (exact) mass is 262 g/mol. The van der Waals surface area contributed by atoms with Crippen molar-refractivity contribution in [3.63, 3.8) is 0 Å². The maximum atomic E-state index is 12.1. The highest BCUT2D eigenvalue weighted by Gasteiger charge is 2.31. The quantitative estimate of drug-likeness (QED) is 0.860. The Labute approximate surface area is 112 Å². The molecule has 2 amide bonds. The van der Waals surface area contributed by atoms with Crippen LogP contribution in [0.4, 0.5) is 10.5 Å². The lowest BCUT2D eigenvalue weighted by atomic mass is 10.0. The standard InChI is InChI=1S/C14H18N2O3/c1-10-5-4-6-11(9-10)15-14(19)16-8-3-2-7-12(16)13(17)18/h4-6,9,12H,2-3,7-8H2,1H3,(H,15,19)(H,17,18)/t12-/m1/s1. The van der Waals surface area contributed by atoms with Gasteiger partial charge in [-0.25, -0.2) is 9.59 Å². The molecule has 0 saturated carbocycles. The number of anilines is 1. The van der Waals surface area contributed by atoms with Gasteiger partial charge in [0, 0.05) is 12.2 Å². The van der Waals surface area contributed by atoms with E-state index in [4.69, 9.17) is 5.11 Å². The van der Waals surface area contributed by atoms with Gasteiger partial charge in [-0.15, -0.1) is 0 Å². The molecule has 1 aromatic carbocycles. The summed E-state index contributed by atoms with van der Waals surface area (Å²) in [5, 5.41) is 11.9. The van der Waals surface area contributed by atoms with Crippen LogP contribution in [0.3, 0.4) is 0 Å². The van der Waals surface area contributed by atoms with E-state index < -0.39 is 12.0 Å². The average molecular weight is 262 g/mol. The van der Waals surface area contributed by atoms with Gasteiger partial charge in [0.25, 0.3) is 0 Å². The summed E-state index contributed by atoms with van der Waals surface area (Å²) in [4.78, 5) is 24.7. The van der Waals surface area contributed by atoms with Gasteiger partial charge in [-0.05, 0) is 43.9 Å². The van der Waals surface area contributed by atoms with Crippen molar-refractivity contribution >= 4 is 17.7 Å². The number of piperidine rings is 1. The van der Waals surface area contributed by atoms with Gasteiger partial charge in [0.15, 0.2) is 0 Å². The van der Waals surface area contributed by atoms with Crippen molar-refractivity contribution in [3.05, 3.63) is 29.8 Å². The number of amides is 2. The van der Waals surface area contributed by atoms with Crippen LogP contribution in [0, 0.1) is 6.92 Å². The summed E-state index contributed by atoms with van der Waals surface area (Å²) in [7, 11) is 0. The molecule has 0 spiro atoms. The number of hydrogen-bond acceptors (Lipinski definition) is 2. The number of carboxylic acid groups (broad SMARTS) is 1. The molecule has 0 radical (unpaired) electrons. The topological polar surface area (TPSA) is 69.6 Å². The number of aryl methyl sites for hydroxylation is 1. The van der Waals surface area contributed by atoms with E-state index >= 15 is 0 Å². The zero-order chi connectivity index (χ0) is 13.8. The van der Waals surface area contributed by atoms with E-state index in [9.17, 15) is 9.59 Å². The summed E-state index contributed by atoms with van der Waals surface area (Å²) in [5.41, 5.74) is 1.74. The zero-order valence-electron chi connectivity index (χ0n) is 10.9. The van der Waals surface area contributed by atoms with Gasteiger partial charge in [-0.2, -0.15) is 0 Å². The summed E-state index contributed by atoms with van der Waals surface area (Å²) < 4.78 is 0. The third-order valence-corrected chi connectivity index (χ3v) is 3.32. The second-order valence-corrected chi connectivity index (χ2v) is 4.84. The molecule has 1 atom stereocenters. The SMILES string of the molecule is Cc1cccc(NC(=O)N2CCCC[C@@H]2C(=O)O)c1. The number of carbonyl (C=O) groups excluding carboxylic acids is 1. The van der Waals surface area contributed by atoms with E-state index in [1.165, 1.54) is 4.90 Å². The molecule has 1 aliphatic heterocycles. The van der Waals surface area contributed by atoms with Crippen LogP contribution in [0.25, 0.3) is 0 Å². The van der Waals surface area contributed by atoms with Crippen molar-refractivity contribution in [3.8, 4) is 0 Å². The molecule has 1 fully saturated rings. The van der Waals surface area contributed by atoms with Crippen LogP contribution in [-0.4, -0.2) is 34.6 Å². The van der Waals surface area contributed by atoms with E-state index in [0.717, 1.165) is 18.4 Å². The highest BCUT2D eigenvalue weighted by Crippen LogP contribution is 2.19. The number of hydrogen-bond donors (Lipinski definition) is 2. The minimum Gasteiger partial charge on any atom is -0.480 e. The predicted molar refractivity (Wildman–Crippen MR) is 72.2 cm³/mol. The molecule has 5 heteroatoms. The molecule has 102 valence electrons. The fourth-order valence-corrected chi connectivity index (χ4v) is 2.35. The molecular weight excluding hydrogens is 244 g/mol. The molecule has 19 heavy (non-hydrogen) atoms. The Morgan fingerprint density at radius 3 is 2.84 bits per heavy atom. The smallest absolute Gasteiger partial charge is 0.326 e. The number of carboxylic acids is 1. The van der Waals surface area contributed by atoms with E-state index in [1.807, 2.05) is 25.1 Å². The van der Waals surface area contributed by atoms with Crippen LogP contribution in [0.2, 0.25) is 0 Å². The number of aliphatic carboxylic acids is 1. The molecule has 0 aromatic heterocycles. The van der Waals surface area contributed by atoms with E-state index in [1.54, 1.807) is 6.07 Å². The fourth-order valence-electron chi connectivity index (χ4n) is 2.35. The van der Waals surface area contributed by atoms with Crippen LogP contribution >= 0.6 is 0 Å². The van der Waals surface area contributed by atoms with E-state index in [2.05, 4.69) is 5.32 Å². The van der Waals surface area contributed by atoms with Crippen LogP contribution < -0.4 is 5.32 Å². The van der Waals surface area contributed by atoms with Crippen LogP contribution in [0.15, 0.2) is 24.3 Å². The average Bonchev–Trinajstić information content (AvgIpc) is 2.38. The Morgan fingerprint density at radius 2 is 2.16 bits per heavy atom. The molecule has 0 unspecified atom stereocenters. The maximum Gasteiger partial charge on any atom is 0.326 e. The third-order valence-electron chi connectivity index (χ3n) is 3.32. The van der Waals surface area contributed by atoms with Crippen molar-refractivity contribution in [2.45, 2.75) is 32.2 Å². The van der Waals surface area contributed by atoms with Crippen molar-refractivity contribution < 1.29 is 14.7 Å². The van der Waals surface area contributed by atoms with Crippen molar-refractivity contribution in [1.82, 2.24) is 4.90 Å². The van der Waals surface area contributed by atoms with Gasteiger partial charge >= 0.3 is 12.0 Å². The molecule has 2 rings (SSSR count). The predicted octanol–water partition coefficient (Wildman–Crippen LogP) is 2.47. The number of rotatable bonds is 2. The van der Waals surface area contributed by atoms with E-state index in [0.29, 0.717) is 18.7 Å². The second-order valence-electron chi connectivity index (χ2n) is 4.84. The summed E-state index contributed by atoms with van der Waals surface area (Å²) in [6.45, 7) is 2.44. The first-order valence-corrected chi connectivity index (χ1v) is 6.45. The largest absolute Gasteiger partial charge is 0.480 e. The molecule has 5 nitrogen and oxygen atoms in total. The summed E-state index contributed by atoms with van der Waals surface area (Å²) in [6, 6.07) is 6.41. The molecule has 1 heterocycles. The Kier molecular flexibility index (Phi) is 4.04. The minimum absolute atomic E-state index is 0.335. The number of nitrogens with one attached hydrogen (secondary N) is 1. The van der Waals surface area contributed by atoms with Crippen LogP contribution in [-0.2, 0) is 4.79 Å². The van der Waals surface area contributed by atoms with Crippen molar-refractivity contribution in [2.75, 3.05) is 11.9 Å². The molecule has 1 saturated heterocycles. The van der Waals surface area contributed by atoms with Crippen molar-refractivity contribution in [2.24, 2.45) is 0 Å². The lowest BCUT2D eigenvalue weighted by Gasteiger charge is -2.32. The molecule has 1 aromatic rings. The van der Waals surface area contributed by atoms with Gasteiger partial charge in [-0.1, -0.05) is 12.1 Å². The number of urea groups is 1. The molecule has 0 aliphatic carbocycles. The first-order chi connectivity index (χ1) is 9.08. The molecule has 0 bridgehead atoms. The van der Waals surface area contributed by atoms with Gasteiger partial charge in [-0.3, -0.25) is 0 Å². The Morgan fingerprint density at radius 1 is 1.37 bits per heavy atom. The van der Waals surface area contributed by atoms with Gasteiger partial charge in [0.05, 0.1) is 0 Å². The van der Waals surface area contributed by atoms with Gasteiger partial charge in [0.2, 0.25) is 0 Å². The maximum absolute atomic E-state index is 12.1. The van der Waals surface area contributed by atoms with Crippen molar-refractivity contribution in [1.29, 1.82) is 0 Å². The highest BCUT2D eigenvalue weighted by molar-refractivity contribution is 5.92. The third kappa shape index (κ3) is 3.24. The number of benzene rings is 1. The molecule has 2 N–H and O–H groups in total. The minimum atomic E-state index is -0.931. The lowest BCUT2D eigenvalue weighted by Crippen LogP contribution is -2.49. The number of nitrogens with zero attached hydrogens (tertiary/aromatic N) is 1. The summed E-state index contributed by atoms with van der Waals surface area (Å²) >= 11 is 0. The Hall–Kier alpha value is -2.04. The first kappa shape index (κ1) is 13.4. The van der Waals surface area contributed by atoms with Crippen LogP contribution in [0.5, 0.6) is 0 Å². The first-order valence-electron chi connectivity index (χ1n) is 6.45.